The predicted molar refractivity (Wildman–Crippen MR) is 66.5 cm³/mol. The van der Waals surface area contributed by atoms with E-state index < -0.39 is 0 Å². The molecule has 2 nitrogen and oxygen atoms in total. The number of nitrogens with two attached hydrogens (primary N) is 1. The molecule has 0 bridgehead atoms. The van der Waals surface area contributed by atoms with Crippen LogP contribution in [0.15, 0.2) is 24.3 Å². The van der Waals surface area contributed by atoms with Gasteiger partial charge < -0.3 is 0 Å². The SMILES string of the molecule is NSN1CCCCC1c1ccc(Cl)cc1. The quantitative estimate of drug-likeness (QED) is 0.807. The van der Waals surface area contributed by atoms with E-state index >= 15 is 0 Å². The van der Waals surface area contributed by atoms with Crippen LogP contribution in [0.5, 0.6) is 0 Å². The van der Waals surface area contributed by atoms with Crippen molar-refractivity contribution < 1.29 is 0 Å². The van der Waals surface area contributed by atoms with Crippen molar-refractivity contribution in [1.29, 1.82) is 0 Å². The Hall–Kier alpha value is -0.220. The molecule has 1 saturated heterocycles. The molecule has 1 aliphatic rings. The molecule has 1 unspecified atom stereocenters. The van der Waals surface area contributed by atoms with Gasteiger partial charge in [0.1, 0.15) is 0 Å². The number of nitrogens with zero attached hydrogens (tertiary/aromatic N) is 1. The number of benzene rings is 1. The molecule has 0 amide bonds. The third kappa shape index (κ3) is 2.67. The van der Waals surface area contributed by atoms with Crippen molar-refractivity contribution in [1.82, 2.24) is 4.31 Å². The van der Waals surface area contributed by atoms with Gasteiger partial charge >= 0.3 is 0 Å². The fourth-order valence-electron chi connectivity index (χ4n) is 2.05. The van der Waals surface area contributed by atoms with Gasteiger partial charge in [-0.05, 0) is 30.5 Å². The minimum Gasteiger partial charge on any atom is -0.264 e. The maximum atomic E-state index is 5.88. The van der Waals surface area contributed by atoms with Crippen molar-refractivity contribution in [3.8, 4) is 0 Å². The van der Waals surface area contributed by atoms with Crippen LogP contribution < -0.4 is 5.14 Å². The highest BCUT2D eigenvalue weighted by Crippen LogP contribution is 2.34. The first kappa shape index (κ1) is 11.3. The molecule has 4 heteroatoms. The lowest BCUT2D eigenvalue weighted by atomic mass is 9.98. The highest BCUT2D eigenvalue weighted by atomic mass is 35.5. The third-order valence-electron chi connectivity index (χ3n) is 2.84. The molecule has 2 rings (SSSR count). The van der Waals surface area contributed by atoms with Crippen LogP contribution in [0.25, 0.3) is 0 Å². The maximum absolute atomic E-state index is 5.88. The molecule has 0 saturated carbocycles. The molecule has 0 spiro atoms. The summed E-state index contributed by atoms with van der Waals surface area (Å²) in [7, 11) is 0. The van der Waals surface area contributed by atoms with Gasteiger partial charge in [-0.15, -0.1) is 0 Å². The van der Waals surface area contributed by atoms with Crippen molar-refractivity contribution in [2.45, 2.75) is 25.3 Å². The fraction of sp³-hybridized carbons (Fsp3) is 0.455. The van der Waals surface area contributed by atoms with Gasteiger partial charge in [-0.2, -0.15) is 0 Å². The average Bonchev–Trinajstić information content (AvgIpc) is 2.30. The molecule has 1 atom stereocenters. The van der Waals surface area contributed by atoms with E-state index in [4.69, 9.17) is 16.7 Å². The van der Waals surface area contributed by atoms with Gasteiger partial charge in [-0.1, -0.05) is 30.2 Å². The first-order chi connectivity index (χ1) is 7.31. The molecule has 1 aromatic rings. The fourth-order valence-corrected chi connectivity index (χ4v) is 2.78. The van der Waals surface area contributed by atoms with Gasteiger partial charge in [0.25, 0.3) is 0 Å². The molecule has 1 heterocycles. The van der Waals surface area contributed by atoms with Crippen molar-refractivity contribution in [2.75, 3.05) is 6.54 Å². The van der Waals surface area contributed by atoms with Crippen molar-refractivity contribution in [3.05, 3.63) is 34.9 Å². The van der Waals surface area contributed by atoms with E-state index in [1.54, 1.807) is 0 Å². The topological polar surface area (TPSA) is 29.3 Å². The summed E-state index contributed by atoms with van der Waals surface area (Å²) in [6.07, 6.45) is 3.71. The Kier molecular flexibility index (Phi) is 3.92. The zero-order valence-electron chi connectivity index (χ0n) is 8.53. The molecular formula is C11H15ClN2S. The van der Waals surface area contributed by atoms with E-state index in [2.05, 4.69) is 16.4 Å². The summed E-state index contributed by atoms with van der Waals surface area (Å²) in [5.74, 6) is 0. The van der Waals surface area contributed by atoms with E-state index in [0.29, 0.717) is 6.04 Å². The number of hydrogen-bond donors (Lipinski definition) is 1. The molecular weight excluding hydrogens is 228 g/mol. The van der Waals surface area contributed by atoms with Crippen molar-refractivity contribution >= 4 is 23.7 Å². The standard InChI is InChI=1S/C11H15ClN2S/c12-10-6-4-9(5-7-10)11-3-1-2-8-14(11)15-13/h4-7,11H,1-3,8,13H2. The summed E-state index contributed by atoms with van der Waals surface area (Å²) in [5, 5.41) is 6.47. The second kappa shape index (κ2) is 5.21. The Morgan fingerprint density at radius 3 is 2.67 bits per heavy atom. The van der Waals surface area contributed by atoms with Gasteiger partial charge in [-0.25, -0.2) is 4.31 Å². The van der Waals surface area contributed by atoms with Crippen molar-refractivity contribution in [2.24, 2.45) is 5.14 Å². The lowest BCUT2D eigenvalue weighted by molar-refractivity contribution is 0.279. The minimum atomic E-state index is 0.450. The lowest BCUT2D eigenvalue weighted by Gasteiger charge is -2.33. The van der Waals surface area contributed by atoms with Gasteiger partial charge in [-0.3, -0.25) is 5.14 Å². The monoisotopic (exact) mass is 242 g/mol. The number of halogens is 1. The number of piperidine rings is 1. The number of hydrogen-bond acceptors (Lipinski definition) is 3. The molecule has 0 aliphatic carbocycles. The summed E-state index contributed by atoms with van der Waals surface area (Å²) in [5.41, 5.74) is 1.32. The van der Waals surface area contributed by atoms with E-state index in [1.165, 1.54) is 37.0 Å². The highest BCUT2D eigenvalue weighted by molar-refractivity contribution is 7.94. The summed E-state index contributed by atoms with van der Waals surface area (Å²) in [4.78, 5) is 0. The molecule has 1 aromatic carbocycles. The van der Waals surface area contributed by atoms with Crippen LogP contribution in [0.2, 0.25) is 5.02 Å². The summed E-state index contributed by atoms with van der Waals surface area (Å²) in [6, 6.07) is 8.55. The number of rotatable bonds is 2. The van der Waals surface area contributed by atoms with Gasteiger partial charge in [0, 0.05) is 29.7 Å². The Labute approximate surface area is 100 Å². The average molecular weight is 243 g/mol. The second-order valence-corrected chi connectivity index (χ2v) is 4.93. The predicted octanol–water partition coefficient (Wildman–Crippen LogP) is 3.39. The first-order valence-electron chi connectivity index (χ1n) is 5.20. The van der Waals surface area contributed by atoms with Crippen LogP contribution >= 0.6 is 23.7 Å². The molecule has 0 radical (unpaired) electrons. The summed E-state index contributed by atoms with van der Waals surface area (Å²) in [6.45, 7) is 1.08. The van der Waals surface area contributed by atoms with Gasteiger partial charge in [0.2, 0.25) is 0 Å². The molecule has 1 fully saturated rings. The van der Waals surface area contributed by atoms with E-state index in [1.807, 2.05) is 12.1 Å². The van der Waals surface area contributed by atoms with E-state index in [9.17, 15) is 0 Å². The van der Waals surface area contributed by atoms with Crippen LogP contribution in [0.3, 0.4) is 0 Å². The van der Waals surface area contributed by atoms with E-state index in [-0.39, 0.29) is 0 Å². The summed E-state index contributed by atoms with van der Waals surface area (Å²) >= 11 is 7.23. The molecule has 82 valence electrons. The first-order valence-corrected chi connectivity index (χ1v) is 6.41. The van der Waals surface area contributed by atoms with Crippen LogP contribution in [0, 0.1) is 0 Å². The van der Waals surface area contributed by atoms with Crippen molar-refractivity contribution in [3.63, 3.8) is 0 Å². The lowest BCUT2D eigenvalue weighted by Crippen LogP contribution is -2.28. The maximum Gasteiger partial charge on any atom is 0.0464 e. The molecule has 0 aromatic heterocycles. The Morgan fingerprint density at radius 2 is 2.00 bits per heavy atom. The van der Waals surface area contributed by atoms with Crippen LogP contribution in [-0.2, 0) is 0 Å². The van der Waals surface area contributed by atoms with E-state index in [0.717, 1.165) is 11.6 Å². The zero-order chi connectivity index (χ0) is 10.7. The molecule has 2 N–H and O–H groups in total. The third-order valence-corrected chi connectivity index (χ3v) is 3.80. The minimum absolute atomic E-state index is 0.450. The highest BCUT2D eigenvalue weighted by Gasteiger charge is 2.23. The molecule has 15 heavy (non-hydrogen) atoms. The zero-order valence-corrected chi connectivity index (χ0v) is 10.1. The van der Waals surface area contributed by atoms with Gasteiger partial charge in [0.05, 0.1) is 0 Å². The second-order valence-electron chi connectivity index (χ2n) is 3.81. The van der Waals surface area contributed by atoms with Crippen LogP contribution in [-0.4, -0.2) is 10.8 Å². The Balaban J connectivity index is 2.16. The largest absolute Gasteiger partial charge is 0.264 e. The van der Waals surface area contributed by atoms with Gasteiger partial charge in [0.15, 0.2) is 0 Å². The Bertz CT molecular complexity index is 315. The van der Waals surface area contributed by atoms with Crippen LogP contribution in [0.1, 0.15) is 30.9 Å². The van der Waals surface area contributed by atoms with Crippen LogP contribution in [0.4, 0.5) is 0 Å². The molecule has 1 aliphatic heterocycles. The normalized spacial score (nSPS) is 22.9. The Morgan fingerprint density at radius 1 is 1.27 bits per heavy atom. The smallest absolute Gasteiger partial charge is 0.0464 e. The summed E-state index contributed by atoms with van der Waals surface area (Å²) < 4.78 is 2.26.